The van der Waals surface area contributed by atoms with Gasteiger partial charge in [-0.25, -0.2) is 4.79 Å². The van der Waals surface area contributed by atoms with E-state index < -0.39 is 17.3 Å². The van der Waals surface area contributed by atoms with Crippen LogP contribution in [0.2, 0.25) is 0 Å². The van der Waals surface area contributed by atoms with Gasteiger partial charge >= 0.3 is 5.97 Å². The minimum Gasteiger partial charge on any atom is -0.465 e. The van der Waals surface area contributed by atoms with E-state index in [0.717, 1.165) is 0 Å². The number of hydrogen-bond donors (Lipinski definition) is 1. The van der Waals surface area contributed by atoms with Crippen LogP contribution in [0.15, 0.2) is 45.5 Å². The van der Waals surface area contributed by atoms with Crippen molar-refractivity contribution in [2.45, 2.75) is 24.7 Å². The molecule has 1 aromatic rings. The largest absolute Gasteiger partial charge is 0.465 e. The van der Waals surface area contributed by atoms with Gasteiger partial charge in [0.25, 0.3) is 0 Å². The lowest BCUT2D eigenvalue weighted by Crippen LogP contribution is -2.50. The number of methoxy groups -OCH3 is 1. The van der Waals surface area contributed by atoms with Crippen molar-refractivity contribution in [1.29, 1.82) is 0 Å². The summed E-state index contributed by atoms with van der Waals surface area (Å²) in [4.78, 5) is 40.7. The number of likely N-dealkylation sites (N-methyl/N-ethyl adjacent to an activating group) is 1. The molecule has 0 aromatic heterocycles. The normalized spacial score (nSPS) is 24.2. The van der Waals surface area contributed by atoms with Crippen LogP contribution in [0.3, 0.4) is 0 Å². The summed E-state index contributed by atoms with van der Waals surface area (Å²) in [5, 5.41) is 0. The van der Waals surface area contributed by atoms with Gasteiger partial charge in [-0.2, -0.15) is 0 Å². The molecule has 0 saturated carbocycles. The van der Waals surface area contributed by atoms with Gasteiger partial charge in [0.05, 0.1) is 12.7 Å². The summed E-state index contributed by atoms with van der Waals surface area (Å²) in [5.41, 5.74) is 5.60. The summed E-state index contributed by atoms with van der Waals surface area (Å²) < 4.78 is 11.3. The van der Waals surface area contributed by atoms with Crippen LogP contribution >= 0.6 is 15.9 Å². The van der Waals surface area contributed by atoms with E-state index in [1.54, 1.807) is 25.2 Å². The number of carbonyl (C=O) groups is 3. The fourth-order valence-electron chi connectivity index (χ4n) is 4.25. The van der Waals surface area contributed by atoms with Crippen LogP contribution in [-0.2, 0) is 29.3 Å². The molecule has 0 fully saturated rings. The Morgan fingerprint density at radius 1 is 1.33 bits per heavy atom. The molecule has 7 nitrogen and oxygen atoms in total. The Morgan fingerprint density at radius 2 is 2.07 bits per heavy atom. The van der Waals surface area contributed by atoms with Gasteiger partial charge in [0.1, 0.15) is 16.7 Å². The minimum absolute atomic E-state index is 0.146. The molecule has 2 aliphatic heterocycles. The quantitative estimate of drug-likeness (QED) is 0.681. The maximum Gasteiger partial charge on any atom is 0.340 e. The zero-order valence-corrected chi connectivity index (χ0v) is 16.4. The van der Waals surface area contributed by atoms with E-state index in [-0.39, 0.29) is 29.2 Å². The molecule has 0 bridgehead atoms. The molecule has 1 aliphatic carbocycles. The third-order valence-corrected chi connectivity index (χ3v) is 5.83. The number of halogens is 1. The highest BCUT2D eigenvalue weighted by atomic mass is 79.9. The zero-order chi connectivity index (χ0) is 19.5. The van der Waals surface area contributed by atoms with Gasteiger partial charge in [0.2, 0.25) is 11.8 Å². The standard InChI is InChI=1S/C19H17BrN2O5/c1-22-11-7-6-9(20)8-10(11)19(18(22)25)14-12(23)4-3-5-13(14)27-16(21)15(19)17(24)26-2/h6-8H,3-5,21H2,1-2H3. The Kier molecular flexibility index (Phi) is 3.92. The van der Waals surface area contributed by atoms with Gasteiger partial charge in [0, 0.05) is 35.6 Å². The third-order valence-electron chi connectivity index (χ3n) is 5.33. The second-order valence-corrected chi connectivity index (χ2v) is 7.60. The van der Waals surface area contributed by atoms with Crippen molar-refractivity contribution in [1.82, 2.24) is 0 Å². The molecule has 1 unspecified atom stereocenters. The van der Waals surface area contributed by atoms with E-state index in [0.29, 0.717) is 34.3 Å². The number of esters is 1. The number of hydrogen-bond acceptors (Lipinski definition) is 6. The lowest BCUT2D eigenvalue weighted by Gasteiger charge is -2.38. The van der Waals surface area contributed by atoms with Gasteiger partial charge in [0.15, 0.2) is 5.78 Å². The van der Waals surface area contributed by atoms with Crippen LogP contribution in [0.4, 0.5) is 5.69 Å². The highest BCUT2D eigenvalue weighted by molar-refractivity contribution is 9.10. The number of ether oxygens (including phenoxy) is 2. The number of fused-ring (bicyclic) bond motifs is 3. The summed E-state index contributed by atoms with van der Waals surface area (Å²) in [6, 6.07) is 5.30. The number of amides is 1. The van der Waals surface area contributed by atoms with Crippen LogP contribution in [-0.4, -0.2) is 31.8 Å². The Morgan fingerprint density at radius 3 is 2.78 bits per heavy atom. The van der Waals surface area contributed by atoms with Gasteiger partial charge in [-0.05, 0) is 24.6 Å². The first-order chi connectivity index (χ1) is 12.8. The Hall–Kier alpha value is -2.61. The highest BCUT2D eigenvalue weighted by Crippen LogP contribution is 2.56. The Labute approximate surface area is 163 Å². The maximum absolute atomic E-state index is 13.6. The molecule has 1 spiro atoms. The number of allylic oxidation sites excluding steroid dienone is 1. The predicted molar refractivity (Wildman–Crippen MR) is 99.4 cm³/mol. The Balaban J connectivity index is 2.15. The molecule has 0 radical (unpaired) electrons. The lowest BCUT2D eigenvalue weighted by molar-refractivity contribution is -0.139. The molecule has 8 heteroatoms. The van der Waals surface area contributed by atoms with E-state index in [2.05, 4.69) is 15.9 Å². The molecule has 27 heavy (non-hydrogen) atoms. The third kappa shape index (κ3) is 2.16. The molecule has 3 aliphatic rings. The topological polar surface area (TPSA) is 98.9 Å². The number of nitrogens with two attached hydrogens (primary N) is 1. The number of nitrogens with zero attached hydrogens (tertiary/aromatic N) is 1. The summed E-state index contributed by atoms with van der Waals surface area (Å²) in [5.74, 6) is -1.30. The molecule has 4 rings (SSSR count). The average molecular weight is 433 g/mol. The fraction of sp³-hybridized carbons (Fsp3) is 0.316. The van der Waals surface area contributed by atoms with Crippen LogP contribution < -0.4 is 10.6 Å². The van der Waals surface area contributed by atoms with Gasteiger partial charge in [-0.3, -0.25) is 9.59 Å². The molecule has 2 N–H and O–H groups in total. The number of carbonyl (C=O) groups excluding carboxylic acids is 3. The monoisotopic (exact) mass is 432 g/mol. The van der Waals surface area contributed by atoms with E-state index in [1.165, 1.54) is 12.0 Å². The number of anilines is 1. The number of ketones is 1. The van der Waals surface area contributed by atoms with E-state index in [4.69, 9.17) is 15.2 Å². The number of rotatable bonds is 1. The molecule has 140 valence electrons. The van der Waals surface area contributed by atoms with E-state index in [1.807, 2.05) is 0 Å². The van der Waals surface area contributed by atoms with Crippen molar-refractivity contribution in [3.63, 3.8) is 0 Å². The molecule has 2 heterocycles. The van der Waals surface area contributed by atoms with Crippen molar-refractivity contribution in [3.05, 3.63) is 51.0 Å². The summed E-state index contributed by atoms with van der Waals surface area (Å²) >= 11 is 3.42. The van der Waals surface area contributed by atoms with Gasteiger partial charge < -0.3 is 20.1 Å². The minimum atomic E-state index is -1.66. The first-order valence-electron chi connectivity index (χ1n) is 8.45. The molecule has 1 atom stereocenters. The first kappa shape index (κ1) is 17.8. The van der Waals surface area contributed by atoms with Gasteiger partial charge in [-0.1, -0.05) is 15.9 Å². The fourth-order valence-corrected chi connectivity index (χ4v) is 4.61. The molecular weight excluding hydrogens is 416 g/mol. The maximum atomic E-state index is 13.6. The molecule has 0 saturated heterocycles. The smallest absolute Gasteiger partial charge is 0.340 e. The van der Waals surface area contributed by atoms with Gasteiger partial charge in [-0.15, -0.1) is 0 Å². The Bertz CT molecular complexity index is 980. The van der Waals surface area contributed by atoms with E-state index in [9.17, 15) is 14.4 Å². The van der Waals surface area contributed by atoms with Crippen molar-refractivity contribution < 1.29 is 23.9 Å². The summed E-state index contributed by atoms with van der Waals surface area (Å²) in [7, 11) is 2.81. The zero-order valence-electron chi connectivity index (χ0n) is 14.8. The predicted octanol–water partition coefficient (Wildman–Crippen LogP) is 2.04. The first-order valence-corrected chi connectivity index (χ1v) is 9.24. The lowest BCUT2D eigenvalue weighted by atomic mass is 9.64. The second kappa shape index (κ2) is 5.95. The number of Topliss-reactive ketones (excluding diaryl/α,β-unsaturated/α-hetero) is 1. The molecule has 1 amide bonds. The van der Waals surface area contributed by atoms with Crippen LogP contribution in [0, 0.1) is 0 Å². The second-order valence-electron chi connectivity index (χ2n) is 6.68. The van der Waals surface area contributed by atoms with Crippen molar-refractivity contribution in [2.24, 2.45) is 5.73 Å². The van der Waals surface area contributed by atoms with Crippen LogP contribution in [0.5, 0.6) is 0 Å². The van der Waals surface area contributed by atoms with Crippen LogP contribution in [0.1, 0.15) is 24.8 Å². The molecule has 1 aromatic carbocycles. The number of benzene rings is 1. The van der Waals surface area contributed by atoms with Crippen molar-refractivity contribution in [3.8, 4) is 0 Å². The summed E-state index contributed by atoms with van der Waals surface area (Å²) in [6.07, 6.45) is 1.35. The van der Waals surface area contributed by atoms with Crippen molar-refractivity contribution in [2.75, 3.05) is 19.1 Å². The van der Waals surface area contributed by atoms with Crippen LogP contribution in [0.25, 0.3) is 0 Å². The summed E-state index contributed by atoms with van der Waals surface area (Å²) in [6.45, 7) is 0. The highest BCUT2D eigenvalue weighted by Gasteiger charge is 2.63. The molecular formula is C19H17BrN2O5. The average Bonchev–Trinajstić information content (AvgIpc) is 2.84. The van der Waals surface area contributed by atoms with Crippen molar-refractivity contribution >= 4 is 39.3 Å². The SMILES string of the molecule is COC(=O)C1=C(N)OC2=C(C(=O)CCC2)C12C(=O)N(C)c1ccc(Br)cc12. The van der Waals surface area contributed by atoms with E-state index >= 15 is 0 Å².